The normalized spacial score (nSPS) is 12.9. The van der Waals surface area contributed by atoms with Gasteiger partial charge in [0, 0.05) is 13.1 Å². The molecule has 7 nitrogen and oxygen atoms in total. The van der Waals surface area contributed by atoms with Crippen molar-refractivity contribution < 1.29 is 24.2 Å². The van der Waals surface area contributed by atoms with Crippen LogP contribution in [0.15, 0.2) is 55.1 Å². The molecule has 0 saturated carbocycles. The van der Waals surface area contributed by atoms with Crippen molar-refractivity contribution in [2.45, 2.75) is 25.9 Å². The van der Waals surface area contributed by atoms with Crippen molar-refractivity contribution in [2.24, 2.45) is 0 Å². The first-order valence-electron chi connectivity index (χ1n) is 9.41. The molecule has 0 fully saturated rings. The van der Waals surface area contributed by atoms with Gasteiger partial charge in [0.1, 0.15) is 11.8 Å². The predicted octanol–water partition coefficient (Wildman–Crippen LogP) is 2.90. The zero-order chi connectivity index (χ0) is 20.8. The van der Waals surface area contributed by atoms with Crippen molar-refractivity contribution in [3.05, 3.63) is 66.2 Å². The van der Waals surface area contributed by atoms with Gasteiger partial charge in [0.15, 0.2) is 11.5 Å². The van der Waals surface area contributed by atoms with Crippen LogP contribution in [0.1, 0.15) is 30.5 Å². The molecule has 3 rings (SSSR count). The molecule has 2 aromatic carbocycles. The molecule has 1 heterocycles. The first-order chi connectivity index (χ1) is 14.0. The number of nitrogens with zero attached hydrogens (tertiary/aromatic N) is 1. The maximum atomic E-state index is 13.1. The molecular weight excluding hydrogens is 372 g/mol. The molecular formula is C22H24N2O5. The Kier molecular flexibility index (Phi) is 6.39. The van der Waals surface area contributed by atoms with E-state index in [0.29, 0.717) is 30.0 Å². The Morgan fingerprint density at radius 3 is 2.76 bits per heavy atom. The fourth-order valence-corrected chi connectivity index (χ4v) is 3.23. The highest BCUT2D eigenvalue weighted by Gasteiger charge is 2.30. The molecule has 0 unspecified atom stereocenters. The molecule has 0 spiro atoms. The molecule has 2 amide bonds. The van der Waals surface area contributed by atoms with Crippen LogP contribution in [0.4, 0.5) is 0 Å². The lowest BCUT2D eigenvalue weighted by molar-refractivity contribution is -0.137. The number of rotatable bonds is 8. The van der Waals surface area contributed by atoms with E-state index < -0.39 is 6.04 Å². The van der Waals surface area contributed by atoms with Gasteiger partial charge in [-0.1, -0.05) is 31.7 Å². The molecule has 0 aromatic heterocycles. The summed E-state index contributed by atoms with van der Waals surface area (Å²) in [6.45, 7) is 6.29. The van der Waals surface area contributed by atoms with E-state index in [4.69, 9.17) is 9.47 Å². The summed E-state index contributed by atoms with van der Waals surface area (Å²) in [5, 5.41) is 12.7. The number of hydrogen-bond donors (Lipinski definition) is 2. The molecule has 0 saturated heterocycles. The Balaban J connectivity index is 1.83. The quantitative estimate of drug-likeness (QED) is 0.670. The van der Waals surface area contributed by atoms with Crippen LogP contribution in [0.5, 0.6) is 17.2 Å². The third-order valence-corrected chi connectivity index (χ3v) is 4.57. The number of phenols is 1. The van der Waals surface area contributed by atoms with Crippen molar-refractivity contribution in [3.63, 3.8) is 0 Å². The molecule has 29 heavy (non-hydrogen) atoms. The van der Waals surface area contributed by atoms with Crippen molar-refractivity contribution in [1.29, 1.82) is 0 Å². The largest absolute Gasteiger partial charge is 0.508 e. The molecule has 0 radical (unpaired) electrons. The second-order valence-electron chi connectivity index (χ2n) is 6.64. The van der Waals surface area contributed by atoms with E-state index in [9.17, 15) is 14.7 Å². The van der Waals surface area contributed by atoms with Crippen LogP contribution < -0.4 is 14.8 Å². The SMILES string of the molecule is C=CC(=O)N(CCC)[C@H](C(=O)NCc1ccc2c(c1)OCO2)c1cccc(O)c1. The number of ether oxygens (including phenoxy) is 2. The molecule has 152 valence electrons. The summed E-state index contributed by atoms with van der Waals surface area (Å²) >= 11 is 0. The zero-order valence-electron chi connectivity index (χ0n) is 16.3. The third-order valence-electron chi connectivity index (χ3n) is 4.57. The molecule has 1 aliphatic rings. The van der Waals surface area contributed by atoms with Gasteiger partial charge in [-0.25, -0.2) is 0 Å². The van der Waals surface area contributed by atoms with Crippen molar-refractivity contribution in [1.82, 2.24) is 10.2 Å². The summed E-state index contributed by atoms with van der Waals surface area (Å²) in [5.74, 6) is 0.632. The third kappa shape index (κ3) is 4.68. The van der Waals surface area contributed by atoms with Gasteiger partial charge in [0.25, 0.3) is 0 Å². The number of hydrogen-bond acceptors (Lipinski definition) is 5. The number of aromatic hydroxyl groups is 1. The van der Waals surface area contributed by atoms with E-state index in [0.717, 1.165) is 5.56 Å². The molecule has 0 bridgehead atoms. The Morgan fingerprint density at radius 2 is 2.03 bits per heavy atom. The molecule has 2 aromatic rings. The summed E-state index contributed by atoms with van der Waals surface area (Å²) in [5.41, 5.74) is 1.37. The Morgan fingerprint density at radius 1 is 1.24 bits per heavy atom. The minimum atomic E-state index is -0.887. The number of fused-ring (bicyclic) bond motifs is 1. The monoisotopic (exact) mass is 396 g/mol. The fraction of sp³-hybridized carbons (Fsp3) is 0.273. The van der Waals surface area contributed by atoms with Crippen LogP contribution in [-0.2, 0) is 16.1 Å². The average Bonchev–Trinajstić information content (AvgIpc) is 3.19. The number of benzene rings is 2. The number of carbonyl (C=O) groups is 2. The average molecular weight is 396 g/mol. The van der Waals surface area contributed by atoms with Crippen molar-refractivity contribution >= 4 is 11.8 Å². The highest BCUT2D eigenvalue weighted by Crippen LogP contribution is 2.32. The second-order valence-corrected chi connectivity index (χ2v) is 6.64. The molecule has 7 heteroatoms. The van der Waals surface area contributed by atoms with Crippen LogP contribution in [0.2, 0.25) is 0 Å². The summed E-state index contributed by atoms with van der Waals surface area (Å²) in [7, 11) is 0. The Bertz CT molecular complexity index is 912. The van der Waals surface area contributed by atoms with Crippen LogP contribution >= 0.6 is 0 Å². The molecule has 1 aliphatic heterocycles. The fourth-order valence-electron chi connectivity index (χ4n) is 3.23. The highest BCUT2D eigenvalue weighted by atomic mass is 16.7. The second kappa shape index (κ2) is 9.14. The van der Waals surface area contributed by atoms with E-state index in [1.807, 2.05) is 19.1 Å². The number of amides is 2. The van der Waals surface area contributed by atoms with Gasteiger partial charge in [0.2, 0.25) is 18.6 Å². The lowest BCUT2D eigenvalue weighted by atomic mass is 10.0. The van der Waals surface area contributed by atoms with E-state index >= 15 is 0 Å². The highest BCUT2D eigenvalue weighted by molar-refractivity contribution is 5.93. The van der Waals surface area contributed by atoms with Gasteiger partial charge in [0.05, 0.1) is 0 Å². The van der Waals surface area contributed by atoms with Gasteiger partial charge in [-0.3, -0.25) is 9.59 Å². The summed E-state index contributed by atoms with van der Waals surface area (Å²) in [6.07, 6.45) is 1.86. The van der Waals surface area contributed by atoms with Crippen LogP contribution in [-0.4, -0.2) is 35.2 Å². The number of nitrogens with one attached hydrogen (secondary N) is 1. The Labute approximate surface area is 169 Å². The maximum absolute atomic E-state index is 13.1. The standard InChI is InChI=1S/C22H24N2O5/c1-3-10-24(20(26)4-2)21(16-6-5-7-17(25)12-16)22(27)23-13-15-8-9-18-19(11-15)29-14-28-18/h4-9,11-12,21,25H,2-3,10,13-14H2,1H3,(H,23,27)/t21-/m0/s1. The van der Waals surface area contributed by atoms with Crippen molar-refractivity contribution in [2.75, 3.05) is 13.3 Å². The zero-order valence-corrected chi connectivity index (χ0v) is 16.3. The lowest BCUT2D eigenvalue weighted by Crippen LogP contribution is -2.43. The minimum absolute atomic E-state index is 0.0265. The summed E-state index contributed by atoms with van der Waals surface area (Å²) < 4.78 is 10.7. The lowest BCUT2D eigenvalue weighted by Gasteiger charge is -2.30. The summed E-state index contributed by atoms with van der Waals surface area (Å²) in [4.78, 5) is 27.0. The van der Waals surface area contributed by atoms with Gasteiger partial charge >= 0.3 is 0 Å². The summed E-state index contributed by atoms with van der Waals surface area (Å²) in [6, 6.07) is 10.9. The topological polar surface area (TPSA) is 88.1 Å². The van der Waals surface area contributed by atoms with E-state index in [1.165, 1.54) is 23.1 Å². The van der Waals surface area contributed by atoms with Crippen LogP contribution in [0.3, 0.4) is 0 Å². The maximum Gasteiger partial charge on any atom is 0.247 e. The Hall–Kier alpha value is -3.48. The number of carbonyl (C=O) groups excluding carboxylic acids is 2. The van der Waals surface area contributed by atoms with Gasteiger partial charge in [-0.05, 0) is 47.9 Å². The minimum Gasteiger partial charge on any atom is -0.508 e. The van der Waals surface area contributed by atoms with Gasteiger partial charge < -0.3 is 24.8 Å². The molecule has 1 atom stereocenters. The van der Waals surface area contributed by atoms with Crippen LogP contribution in [0, 0.1) is 0 Å². The molecule has 2 N–H and O–H groups in total. The first-order valence-corrected chi connectivity index (χ1v) is 9.41. The first kappa shape index (κ1) is 20.3. The predicted molar refractivity (Wildman–Crippen MR) is 107 cm³/mol. The van der Waals surface area contributed by atoms with Crippen molar-refractivity contribution in [3.8, 4) is 17.2 Å². The van der Waals surface area contributed by atoms with Crippen LogP contribution in [0.25, 0.3) is 0 Å². The smallest absolute Gasteiger partial charge is 0.247 e. The van der Waals surface area contributed by atoms with E-state index in [1.54, 1.807) is 18.2 Å². The number of phenolic OH excluding ortho intramolecular Hbond substituents is 1. The molecule has 0 aliphatic carbocycles. The van der Waals surface area contributed by atoms with Gasteiger partial charge in [-0.2, -0.15) is 0 Å². The van der Waals surface area contributed by atoms with E-state index in [2.05, 4.69) is 11.9 Å². The van der Waals surface area contributed by atoms with Gasteiger partial charge in [-0.15, -0.1) is 0 Å². The van der Waals surface area contributed by atoms with E-state index in [-0.39, 0.29) is 30.9 Å².